The standard InChI is InChI=1S/C23H24FN5O3/c1-13-26-21-17(24)9-15(10-20(21)32-13)18-11-16-19(12-25-18)27-22(28-23(16)30)14-3-5-29(6-4-14)7-8-31-2/h9-12,14H,3-8H2,1-2H3,(H,27,28,30). The molecule has 166 valence electrons. The number of aromatic amines is 1. The number of aromatic nitrogens is 4. The van der Waals surface area contributed by atoms with E-state index in [1.807, 2.05) is 0 Å². The van der Waals surface area contributed by atoms with Gasteiger partial charge in [0.15, 0.2) is 17.3 Å². The van der Waals surface area contributed by atoms with Crippen molar-refractivity contribution in [2.45, 2.75) is 25.7 Å². The molecule has 4 heterocycles. The Hall–Kier alpha value is -3.17. The topological polar surface area (TPSA) is 97.1 Å². The number of nitrogens with zero attached hydrogens (tertiary/aromatic N) is 4. The molecule has 1 N–H and O–H groups in total. The Morgan fingerprint density at radius 2 is 2.06 bits per heavy atom. The van der Waals surface area contributed by atoms with E-state index in [0.29, 0.717) is 39.5 Å². The summed E-state index contributed by atoms with van der Waals surface area (Å²) in [4.78, 5) is 31.4. The number of rotatable bonds is 5. The van der Waals surface area contributed by atoms with Gasteiger partial charge in [0.05, 0.1) is 29.4 Å². The van der Waals surface area contributed by atoms with Crippen LogP contribution in [-0.4, -0.2) is 58.2 Å². The van der Waals surface area contributed by atoms with E-state index in [0.717, 1.165) is 39.1 Å². The summed E-state index contributed by atoms with van der Waals surface area (Å²) >= 11 is 0. The number of piperidine rings is 1. The number of benzene rings is 1. The maximum absolute atomic E-state index is 14.5. The van der Waals surface area contributed by atoms with Gasteiger partial charge in [-0.2, -0.15) is 0 Å². The molecule has 0 aliphatic carbocycles. The minimum atomic E-state index is -0.490. The van der Waals surface area contributed by atoms with E-state index in [-0.39, 0.29) is 17.0 Å². The third kappa shape index (κ3) is 3.89. The van der Waals surface area contributed by atoms with Crippen molar-refractivity contribution in [1.82, 2.24) is 24.8 Å². The molecule has 1 fully saturated rings. The van der Waals surface area contributed by atoms with Gasteiger partial charge in [-0.05, 0) is 44.1 Å². The van der Waals surface area contributed by atoms with Crippen LogP contribution in [0.1, 0.15) is 30.5 Å². The Labute approximate surface area is 183 Å². The molecule has 3 aromatic heterocycles. The second kappa shape index (κ2) is 8.40. The zero-order chi connectivity index (χ0) is 22.2. The minimum absolute atomic E-state index is 0.185. The van der Waals surface area contributed by atoms with E-state index in [2.05, 4.69) is 24.8 Å². The van der Waals surface area contributed by atoms with Crippen molar-refractivity contribution >= 4 is 22.0 Å². The first kappa shape index (κ1) is 20.7. The fourth-order valence-electron chi connectivity index (χ4n) is 4.31. The number of pyridine rings is 1. The number of hydrogen-bond donors (Lipinski definition) is 1. The van der Waals surface area contributed by atoms with Crippen molar-refractivity contribution < 1.29 is 13.5 Å². The highest BCUT2D eigenvalue weighted by molar-refractivity contribution is 5.84. The van der Waals surface area contributed by atoms with Gasteiger partial charge in [0.2, 0.25) is 0 Å². The van der Waals surface area contributed by atoms with Crippen LogP contribution >= 0.6 is 0 Å². The van der Waals surface area contributed by atoms with Crippen molar-refractivity contribution in [2.24, 2.45) is 0 Å². The maximum atomic E-state index is 14.5. The van der Waals surface area contributed by atoms with Crippen LogP contribution in [0.15, 0.2) is 33.6 Å². The number of ether oxygens (including phenoxy) is 1. The summed E-state index contributed by atoms with van der Waals surface area (Å²) in [5.74, 6) is 0.806. The molecule has 0 radical (unpaired) electrons. The molecule has 32 heavy (non-hydrogen) atoms. The normalized spacial score (nSPS) is 15.7. The van der Waals surface area contributed by atoms with Crippen molar-refractivity contribution in [1.29, 1.82) is 0 Å². The molecule has 0 saturated carbocycles. The van der Waals surface area contributed by atoms with Gasteiger partial charge in [-0.1, -0.05) is 0 Å². The molecule has 1 aromatic carbocycles. The van der Waals surface area contributed by atoms with Crippen molar-refractivity contribution in [3.8, 4) is 11.3 Å². The van der Waals surface area contributed by atoms with Crippen molar-refractivity contribution in [3.05, 3.63) is 52.3 Å². The summed E-state index contributed by atoms with van der Waals surface area (Å²) < 4.78 is 25.1. The third-order valence-electron chi connectivity index (χ3n) is 6.05. The quantitative estimate of drug-likeness (QED) is 0.511. The van der Waals surface area contributed by atoms with E-state index in [9.17, 15) is 9.18 Å². The first-order valence-corrected chi connectivity index (χ1v) is 10.7. The average molecular weight is 437 g/mol. The number of likely N-dealkylation sites (tertiary alicyclic amines) is 1. The van der Waals surface area contributed by atoms with Crippen LogP contribution in [-0.2, 0) is 4.74 Å². The molecule has 5 rings (SSSR count). The lowest BCUT2D eigenvalue weighted by atomic mass is 9.96. The Morgan fingerprint density at radius 3 is 2.84 bits per heavy atom. The van der Waals surface area contributed by atoms with Crippen LogP contribution in [0.3, 0.4) is 0 Å². The molecule has 0 amide bonds. The summed E-state index contributed by atoms with van der Waals surface area (Å²) in [5.41, 5.74) is 1.83. The number of methoxy groups -OCH3 is 1. The number of nitrogens with one attached hydrogen (secondary N) is 1. The Kier molecular flexibility index (Phi) is 5.44. The molecule has 1 aliphatic heterocycles. The molecule has 0 bridgehead atoms. The number of aryl methyl sites for hydroxylation is 1. The van der Waals surface area contributed by atoms with Gasteiger partial charge in [-0.15, -0.1) is 0 Å². The monoisotopic (exact) mass is 437 g/mol. The molecular weight excluding hydrogens is 413 g/mol. The molecule has 9 heteroatoms. The largest absolute Gasteiger partial charge is 0.441 e. The van der Waals surface area contributed by atoms with Gasteiger partial charge in [0.25, 0.3) is 5.56 Å². The van der Waals surface area contributed by atoms with E-state index < -0.39 is 5.82 Å². The molecule has 4 aromatic rings. The number of hydrogen-bond acceptors (Lipinski definition) is 7. The lowest BCUT2D eigenvalue weighted by Gasteiger charge is -2.31. The maximum Gasteiger partial charge on any atom is 0.258 e. The summed E-state index contributed by atoms with van der Waals surface area (Å²) in [5, 5.41) is 0.422. The molecule has 0 atom stereocenters. The summed E-state index contributed by atoms with van der Waals surface area (Å²) in [6.45, 7) is 5.19. The fourth-order valence-corrected chi connectivity index (χ4v) is 4.31. The SMILES string of the molecule is COCCN1CCC(c2nc3cnc(-c4cc(F)c5nc(C)oc5c4)cc3c(=O)[nH]2)CC1. The fraction of sp³-hybridized carbons (Fsp3) is 0.391. The van der Waals surface area contributed by atoms with Gasteiger partial charge in [0, 0.05) is 32.1 Å². The van der Waals surface area contributed by atoms with Crippen LogP contribution in [0.2, 0.25) is 0 Å². The van der Waals surface area contributed by atoms with E-state index in [1.165, 1.54) is 6.07 Å². The molecule has 8 nitrogen and oxygen atoms in total. The highest BCUT2D eigenvalue weighted by atomic mass is 19.1. The third-order valence-corrected chi connectivity index (χ3v) is 6.05. The highest BCUT2D eigenvalue weighted by Gasteiger charge is 2.23. The summed E-state index contributed by atoms with van der Waals surface area (Å²) in [6.07, 6.45) is 3.43. The predicted octanol–water partition coefficient (Wildman–Crippen LogP) is 3.40. The zero-order valence-electron chi connectivity index (χ0n) is 18.0. The average Bonchev–Trinajstić information content (AvgIpc) is 3.18. The molecule has 1 saturated heterocycles. The van der Waals surface area contributed by atoms with Crippen molar-refractivity contribution in [2.75, 3.05) is 33.4 Å². The first-order chi connectivity index (χ1) is 15.5. The molecule has 0 unspecified atom stereocenters. The smallest absolute Gasteiger partial charge is 0.258 e. The lowest BCUT2D eigenvalue weighted by molar-refractivity contribution is 0.129. The lowest BCUT2D eigenvalue weighted by Crippen LogP contribution is -2.36. The van der Waals surface area contributed by atoms with Crippen LogP contribution in [0, 0.1) is 12.7 Å². The Bertz CT molecular complexity index is 1340. The van der Waals surface area contributed by atoms with Crippen LogP contribution in [0.5, 0.6) is 0 Å². The molecular formula is C23H24FN5O3. The van der Waals surface area contributed by atoms with Crippen molar-refractivity contribution in [3.63, 3.8) is 0 Å². The van der Waals surface area contributed by atoms with E-state index in [1.54, 1.807) is 32.4 Å². The second-order valence-electron chi connectivity index (χ2n) is 8.18. The van der Waals surface area contributed by atoms with Gasteiger partial charge in [-0.3, -0.25) is 9.78 Å². The second-order valence-corrected chi connectivity index (χ2v) is 8.18. The number of H-pyrrole nitrogens is 1. The molecule has 1 aliphatic rings. The molecule has 0 spiro atoms. The van der Waals surface area contributed by atoms with Gasteiger partial charge >= 0.3 is 0 Å². The van der Waals surface area contributed by atoms with Crippen LogP contribution in [0.25, 0.3) is 33.3 Å². The van der Waals surface area contributed by atoms with Gasteiger partial charge < -0.3 is 19.0 Å². The Balaban J connectivity index is 1.44. The summed E-state index contributed by atoms with van der Waals surface area (Å²) in [6, 6.07) is 4.67. The number of fused-ring (bicyclic) bond motifs is 2. The van der Waals surface area contributed by atoms with Crippen LogP contribution in [0.4, 0.5) is 4.39 Å². The number of halogens is 1. The minimum Gasteiger partial charge on any atom is -0.441 e. The zero-order valence-corrected chi connectivity index (χ0v) is 18.0. The van der Waals surface area contributed by atoms with E-state index in [4.69, 9.17) is 9.15 Å². The van der Waals surface area contributed by atoms with Gasteiger partial charge in [-0.25, -0.2) is 14.4 Å². The first-order valence-electron chi connectivity index (χ1n) is 10.7. The van der Waals surface area contributed by atoms with Crippen LogP contribution < -0.4 is 5.56 Å². The number of oxazole rings is 1. The van der Waals surface area contributed by atoms with E-state index >= 15 is 0 Å². The predicted molar refractivity (Wildman–Crippen MR) is 118 cm³/mol. The Morgan fingerprint density at radius 1 is 1.25 bits per heavy atom. The summed E-state index contributed by atoms with van der Waals surface area (Å²) in [7, 11) is 1.71. The highest BCUT2D eigenvalue weighted by Crippen LogP contribution is 2.29. The van der Waals surface area contributed by atoms with Gasteiger partial charge in [0.1, 0.15) is 11.3 Å².